The number of nitrogens with one attached hydrogen (secondary N) is 3. The molecule has 22 heavy (non-hydrogen) atoms. The standard InChI is InChI=1S/C15H23N3O4/c1-22-14(21)10(6-9-2-5-16-12(9)19)18-13(20)11-7-15(3-4-15)8-17-11/h9-11,17H,2-8H2,1H3,(H,16,19)(H,18,20)/t9-,10-,11-/m0/s1. The van der Waals surface area contributed by atoms with Gasteiger partial charge in [0.1, 0.15) is 6.04 Å². The first-order valence-corrected chi connectivity index (χ1v) is 7.92. The number of hydrogen-bond donors (Lipinski definition) is 3. The van der Waals surface area contributed by atoms with Gasteiger partial charge in [-0.1, -0.05) is 0 Å². The lowest BCUT2D eigenvalue weighted by Gasteiger charge is -2.21. The number of rotatable bonds is 5. The highest BCUT2D eigenvalue weighted by molar-refractivity contribution is 5.88. The molecule has 0 bridgehead atoms. The smallest absolute Gasteiger partial charge is 0.328 e. The topological polar surface area (TPSA) is 96.5 Å². The summed E-state index contributed by atoms with van der Waals surface area (Å²) in [5.74, 6) is -0.959. The predicted molar refractivity (Wildman–Crippen MR) is 77.8 cm³/mol. The fraction of sp³-hybridized carbons (Fsp3) is 0.800. The van der Waals surface area contributed by atoms with Gasteiger partial charge < -0.3 is 20.7 Å². The SMILES string of the molecule is COC(=O)[C@H](C[C@@H]1CCNC1=O)NC(=O)[C@@H]1CC2(CC2)CN1. The van der Waals surface area contributed by atoms with Crippen LogP contribution in [0.15, 0.2) is 0 Å². The molecule has 7 nitrogen and oxygen atoms in total. The molecule has 7 heteroatoms. The van der Waals surface area contributed by atoms with Crippen molar-refractivity contribution in [3.8, 4) is 0 Å². The van der Waals surface area contributed by atoms with Gasteiger partial charge in [-0.25, -0.2) is 4.79 Å². The summed E-state index contributed by atoms with van der Waals surface area (Å²) in [7, 11) is 1.29. The highest BCUT2D eigenvalue weighted by Gasteiger charge is 2.50. The summed E-state index contributed by atoms with van der Waals surface area (Å²) in [4.78, 5) is 35.9. The molecule has 3 rings (SSSR count). The van der Waals surface area contributed by atoms with Gasteiger partial charge in [0.05, 0.1) is 13.2 Å². The van der Waals surface area contributed by atoms with Crippen LogP contribution in [0, 0.1) is 11.3 Å². The van der Waals surface area contributed by atoms with Gasteiger partial charge >= 0.3 is 5.97 Å². The van der Waals surface area contributed by atoms with Crippen molar-refractivity contribution >= 4 is 17.8 Å². The Morgan fingerprint density at radius 2 is 2.23 bits per heavy atom. The summed E-state index contributed by atoms with van der Waals surface area (Å²) in [5, 5.41) is 8.74. The summed E-state index contributed by atoms with van der Waals surface area (Å²) >= 11 is 0. The Labute approximate surface area is 129 Å². The number of carbonyl (C=O) groups excluding carboxylic acids is 3. The highest BCUT2D eigenvalue weighted by Crippen LogP contribution is 2.51. The largest absolute Gasteiger partial charge is 0.467 e. The number of esters is 1. The van der Waals surface area contributed by atoms with Crippen molar-refractivity contribution in [3.05, 3.63) is 0 Å². The Balaban J connectivity index is 1.58. The molecule has 2 saturated heterocycles. The second kappa shape index (κ2) is 5.87. The van der Waals surface area contributed by atoms with Crippen LogP contribution in [-0.2, 0) is 19.1 Å². The van der Waals surface area contributed by atoms with Crippen molar-refractivity contribution in [2.75, 3.05) is 20.2 Å². The normalized spacial score (nSPS) is 30.0. The minimum atomic E-state index is -0.760. The van der Waals surface area contributed by atoms with Crippen LogP contribution in [0.25, 0.3) is 0 Å². The molecule has 1 aliphatic carbocycles. The van der Waals surface area contributed by atoms with Crippen LogP contribution in [0.3, 0.4) is 0 Å². The zero-order valence-electron chi connectivity index (χ0n) is 12.8. The number of hydrogen-bond acceptors (Lipinski definition) is 5. The molecule has 0 unspecified atom stereocenters. The lowest BCUT2D eigenvalue weighted by molar-refractivity contribution is -0.146. The number of carbonyl (C=O) groups is 3. The molecule has 0 aromatic rings. The van der Waals surface area contributed by atoms with Gasteiger partial charge in [-0.2, -0.15) is 0 Å². The lowest BCUT2D eigenvalue weighted by Crippen LogP contribution is -2.49. The van der Waals surface area contributed by atoms with E-state index in [2.05, 4.69) is 16.0 Å². The Kier molecular flexibility index (Phi) is 4.08. The molecular weight excluding hydrogens is 286 g/mol. The van der Waals surface area contributed by atoms with E-state index >= 15 is 0 Å². The fourth-order valence-electron chi connectivity index (χ4n) is 3.44. The Hall–Kier alpha value is -1.63. The van der Waals surface area contributed by atoms with Crippen LogP contribution in [0.5, 0.6) is 0 Å². The van der Waals surface area contributed by atoms with Crippen molar-refractivity contribution in [2.45, 2.75) is 44.2 Å². The van der Waals surface area contributed by atoms with Gasteiger partial charge in [-0.3, -0.25) is 9.59 Å². The molecule has 1 saturated carbocycles. The third-order valence-electron chi connectivity index (χ3n) is 5.12. The van der Waals surface area contributed by atoms with Gasteiger partial charge in [0.25, 0.3) is 0 Å². The summed E-state index contributed by atoms with van der Waals surface area (Å²) in [6, 6.07) is -1.00. The summed E-state index contributed by atoms with van der Waals surface area (Å²) < 4.78 is 4.77. The second-order valence-corrected chi connectivity index (χ2v) is 6.73. The minimum absolute atomic E-state index is 0.0564. The molecule has 2 aliphatic heterocycles. The molecule has 3 aliphatic rings. The van der Waals surface area contributed by atoms with E-state index in [1.165, 1.54) is 20.0 Å². The van der Waals surface area contributed by atoms with Crippen LogP contribution in [0.2, 0.25) is 0 Å². The molecular formula is C15H23N3O4. The van der Waals surface area contributed by atoms with Crippen LogP contribution >= 0.6 is 0 Å². The fourth-order valence-corrected chi connectivity index (χ4v) is 3.44. The zero-order valence-corrected chi connectivity index (χ0v) is 12.8. The van der Waals surface area contributed by atoms with E-state index in [4.69, 9.17) is 4.74 Å². The molecule has 2 heterocycles. The van der Waals surface area contributed by atoms with Gasteiger partial charge in [0, 0.05) is 19.0 Å². The van der Waals surface area contributed by atoms with Gasteiger partial charge in [-0.15, -0.1) is 0 Å². The lowest BCUT2D eigenvalue weighted by atomic mass is 9.97. The molecule has 122 valence electrons. The van der Waals surface area contributed by atoms with Crippen molar-refractivity contribution < 1.29 is 19.1 Å². The van der Waals surface area contributed by atoms with E-state index in [9.17, 15) is 14.4 Å². The molecule has 3 N–H and O–H groups in total. The van der Waals surface area contributed by atoms with Crippen LogP contribution in [0.4, 0.5) is 0 Å². The van der Waals surface area contributed by atoms with E-state index in [0.29, 0.717) is 24.8 Å². The van der Waals surface area contributed by atoms with Crippen molar-refractivity contribution in [2.24, 2.45) is 11.3 Å². The van der Waals surface area contributed by atoms with Gasteiger partial charge in [-0.05, 0) is 37.5 Å². The Morgan fingerprint density at radius 1 is 1.45 bits per heavy atom. The first-order chi connectivity index (χ1) is 10.5. The summed E-state index contributed by atoms with van der Waals surface area (Å²) in [5.41, 5.74) is 0.314. The van der Waals surface area contributed by atoms with Crippen LogP contribution < -0.4 is 16.0 Å². The van der Waals surface area contributed by atoms with Gasteiger partial charge in [0.2, 0.25) is 11.8 Å². The first kappa shape index (κ1) is 15.3. The van der Waals surface area contributed by atoms with Crippen LogP contribution in [0.1, 0.15) is 32.1 Å². The van der Waals surface area contributed by atoms with Crippen molar-refractivity contribution in [1.82, 2.24) is 16.0 Å². The van der Waals surface area contributed by atoms with E-state index in [1.54, 1.807) is 0 Å². The van der Waals surface area contributed by atoms with Gasteiger partial charge in [0.15, 0.2) is 0 Å². The monoisotopic (exact) mass is 309 g/mol. The Morgan fingerprint density at radius 3 is 2.77 bits per heavy atom. The van der Waals surface area contributed by atoms with E-state index in [-0.39, 0.29) is 23.8 Å². The van der Waals surface area contributed by atoms with E-state index in [1.807, 2.05) is 0 Å². The molecule has 3 atom stereocenters. The number of methoxy groups -OCH3 is 1. The van der Waals surface area contributed by atoms with Crippen molar-refractivity contribution in [3.63, 3.8) is 0 Å². The summed E-state index contributed by atoms with van der Waals surface area (Å²) in [6.45, 7) is 1.50. The molecule has 0 aromatic carbocycles. The molecule has 0 aromatic heterocycles. The average Bonchev–Trinajstić information content (AvgIpc) is 2.93. The molecule has 0 radical (unpaired) electrons. The zero-order chi connectivity index (χ0) is 15.7. The predicted octanol–water partition coefficient (Wildman–Crippen LogP) is -0.687. The van der Waals surface area contributed by atoms with E-state index in [0.717, 1.165) is 13.0 Å². The van der Waals surface area contributed by atoms with Crippen molar-refractivity contribution in [1.29, 1.82) is 0 Å². The maximum atomic E-state index is 12.4. The molecule has 1 spiro atoms. The minimum Gasteiger partial charge on any atom is -0.467 e. The molecule has 2 amide bonds. The third kappa shape index (κ3) is 3.09. The average molecular weight is 309 g/mol. The molecule has 3 fully saturated rings. The first-order valence-electron chi connectivity index (χ1n) is 7.92. The van der Waals surface area contributed by atoms with Crippen LogP contribution in [-0.4, -0.2) is 50.1 Å². The Bertz CT molecular complexity index is 489. The maximum Gasteiger partial charge on any atom is 0.328 e. The second-order valence-electron chi connectivity index (χ2n) is 6.73. The van der Waals surface area contributed by atoms with E-state index < -0.39 is 12.0 Å². The quantitative estimate of drug-likeness (QED) is 0.584. The number of ether oxygens (including phenoxy) is 1. The summed E-state index contributed by atoms with van der Waals surface area (Å²) in [6.07, 6.45) is 4.16. The highest BCUT2D eigenvalue weighted by atomic mass is 16.5. The maximum absolute atomic E-state index is 12.4. The third-order valence-corrected chi connectivity index (χ3v) is 5.12. The number of amides is 2.